The molecule has 2 aromatic rings. The third kappa shape index (κ3) is 6.39. The van der Waals surface area contributed by atoms with E-state index >= 15 is 0 Å². The summed E-state index contributed by atoms with van der Waals surface area (Å²) in [6.45, 7) is 4.37. The second-order valence-electron chi connectivity index (χ2n) is 8.96. The molecule has 11 heteroatoms. The summed E-state index contributed by atoms with van der Waals surface area (Å²) >= 11 is 1.15. The highest BCUT2D eigenvalue weighted by Crippen LogP contribution is 2.28. The number of fused-ring (bicyclic) bond motifs is 1. The molecule has 1 aliphatic rings. The zero-order chi connectivity index (χ0) is 25.8. The summed E-state index contributed by atoms with van der Waals surface area (Å²) in [7, 11) is 1.66. The normalized spacial score (nSPS) is 19.4. The highest BCUT2D eigenvalue weighted by atomic mass is 32.2. The monoisotopic (exact) mass is 520 g/mol. The highest BCUT2D eigenvalue weighted by Gasteiger charge is 2.36. The van der Waals surface area contributed by atoms with Gasteiger partial charge < -0.3 is 14.7 Å². The number of amides is 1. The van der Waals surface area contributed by atoms with Crippen molar-refractivity contribution in [2.75, 3.05) is 47.4 Å². The van der Waals surface area contributed by atoms with Crippen LogP contribution >= 0.6 is 11.3 Å². The smallest absolute Gasteiger partial charge is 0.259 e. The number of aliphatic hydroxyl groups excluding tert-OH is 1. The van der Waals surface area contributed by atoms with E-state index < -0.39 is 22.2 Å². The molecule has 0 radical (unpaired) electrons. The van der Waals surface area contributed by atoms with Crippen molar-refractivity contribution in [1.29, 1.82) is 0 Å². The van der Waals surface area contributed by atoms with Gasteiger partial charge in [0.15, 0.2) is 0 Å². The van der Waals surface area contributed by atoms with Gasteiger partial charge in [0.05, 0.1) is 25.7 Å². The quantitative estimate of drug-likeness (QED) is 0.553. The van der Waals surface area contributed by atoms with E-state index in [4.69, 9.17) is 4.74 Å². The second kappa shape index (κ2) is 11.5. The Morgan fingerprint density at radius 2 is 2.11 bits per heavy atom. The fourth-order valence-electron chi connectivity index (χ4n) is 3.60. The molecular formula is C24H32N4O5S2. The number of aromatic nitrogens is 1. The van der Waals surface area contributed by atoms with Gasteiger partial charge in [-0.25, -0.2) is 13.4 Å². The molecule has 0 unspecified atom stereocenters. The van der Waals surface area contributed by atoms with Gasteiger partial charge in [0.25, 0.3) is 15.9 Å². The molecule has 35 heavy (non-hydrogen) atoms. The Bertz CT molecular complexity index is 1190. The van der Waals surface area contributed by atoms with Crippen molar-refractivity contribution in [1.82, 2.24) is 19.1 Å². The van der Waals surface area contributed by atoms with Crippen LogP contribution in [0.5, 0.6) is 5.88 Å². The van der Waals surface area contributed by atoms with Crippen LogP contribution in [-0.4, -0.2) is 98.1 Å². The first-order valence-electron chi connectivity index (χ1n) is 11.3. The molecule has 9 nitrogen and oxygen atoms in total. The molecule has 0 saturated heterocycles. The van der Waals surface area contributed by atoms with Crippen LogP contribution in [0.15, 0.2) is 34.0 Å². The standard InChI is InChI=1S/C24H32N4O5S2/c1-17-14-28(18(2)16-29)24(30)20-12-19(8-6-10-26(3)4)13-25-23(20)33-21(17)15-27(5)35(31,32)22-9-7-11-34-22/h7,9,11-13,17-18,21,29H,10,14-16H2,1-5H3/t17-,18+,21-/m0/s1. The van der Waals surface area contributed by atoms with E-state index in [1.165, 1.54) is 11.4 Å². The van der Waals surface area contributed by atoms with Crippen LogP contribution in [0.25, 0.3) is 0 Å². The number of aliphatic hydroxyl groups is 1. The number of carbonyl (C=O) groups excluding carboxylic acids is 1. The van der Waals surface area contributed by atoms with Gasteiger partial charge in [-0.3, -0.25) is 9.69 Å². The molecule has 3 rings (SSSR count). The fourth-order valence-corrected chi connectivity index (χ4v) is 5.99. The topological polar surface area (TPSA) is 103 Å². The van der Waals surface area contributed by atoms with Crippen LogP contribution in [0.3, 0.4) is 0 Å². The van der Waals surface area contributed by atoms with Crippen molar-refractivity contribution in [2.24, 2.45) is 5.92 Å². The Balaban J connectivity index is 1.97. The van der Waals surface area contributed by atoms with Crippen LogP contribution in [-0.2, 0) is 10.0 Å². The molecule has 0 aliphatic carbocycles. The van der Waals surface area contributed by atoms with Crippen molar-refractivity contribution >= 4 is 27.3 Å². The highest BCUT2D eigenvalue weighted by molar-refractivity contribution is 7.91. The fraction of sp³-hybridized carbons (Fsp3) is 0.500. The minimum absolute atomic E-state index is 0.0719. The van der Waals surface area contributed by atoms with Gasteiger partial charge in [-0.1, -0.05) is 24.8 Å². The van der Waals surface area contributed by atoms with Gasteiger partial charge in [0, 0.05) is 31.3 Å². The Kier molecular flexibility index (Phi) is 8.90. The van der Waals surface area contributed by atoms with Crippen molar-refractivity contribution < 1.29 is 23.1 Å². The summed E-state index contributed by atoms with van der Waals surface area (Å²) in [5, 5.41) is 11.5. The van der Waals surface area contributed by atoms with Crippen molar-refractivity contribution in [3.63, 3.8) is 0 Å². The van der Waals surface area contributed by atoms with Crippen LogP contribution in [0, 0.1) is 17.8 Å². The SMILES string of the molecule is C[C@H](CO)N1C[C@H](C)[C@H](CN(C)S(=O)(=O)c2cccs2)Oc2ncc(C#CCN(C)C)cc2C1=O. The summed E-state index contributed by atoms with van der Waals surface area (Å²) in [6, 6.07) is 4.47. The van der Waals surface area contributed by atoms with Crippen molar-refractivity contribution in [3.8, 4) is 17.7 Å². The summed E-state index contributed by atoms with van der Waals surface area (Å²) in [5.41, 5.74) is 0.810. The molecule has 0 bridgehead atoms. The minimum Gasteiger partial charge on any atom is -0.472 e. The first-order valence-corrected chi connectivity index (χ1v) is 13.6. The molecule has 3 heterocycles. The average Bonchev–Trinajstić information content (AvgIpc) is 3.36. The lowest BCUT2D eigenvalue weighted by Gasteiger charge is -2.37. The van der Waals surface area contributed by atoms with E-state index in [1.54, 1.807) is 41.6 Å². The largest absolute Gasteiger partial charge is 0.472 e. The van der Waals surface area contributed by atoms with E-state index in [9.17, 15) is 18.3 Å². The van der Waals surface area contributed by atoms with Gasteiger partial charge in [0.1, 0.15) is 15.9 Å². The zero-order valence-electron chi connectivity index (χ0n) is 20.6. The summed E-state index contributed by atoms with van der Waals surface area (Å²) in [6.07, 6.45) is 0.970. The van der Waals surface area contributed by atoms with E-state index in [-0.39, 0.29) is 47.2 Å². The maximum Gasteiger partial charge on any atom is 0.259 e. The molecule has 0 aromatic carbocycles. The molecule has 0 saturated carbocycles. The molecular weight excluding hydrogens is 488 g/mol. The predicted molar refractivity (Wildman–Crippen MR) is 135 cm³/mol. The lowest BCUT2D eigenvalue weighted by Crippen LogP contribution is -2.50. The van der Waals surface area contributed by atoms with Gasteiger partial charge >= 0.3 is 0 Å². The van der Waals surface area contributed by atoms with E-state index in [2.05, 4.69) is 16.8 Å². The van der Waals surface area contributed by atoms with Gasteiger partial charge in [0.2, 0.25) is 5.88 Å². The number of ether oxygens (including phenoxy) is 1. The summed E-state index contributed by atoms with van der Waals surface area (Å²) < 4.78 is 33.7. The van der Waals surface area contributed by atoms with Crippen molar-refractivity contribution in [2.45, 2.75) is 30.2 Å². The lowest BCUT2D eigenvalue weighted by atomic mass is 10.0. The average molecular weight is 521 g/mol. The number of rotatable bonds is 7. The van der Waals surface area contributed by atoms with Crippen LogP contribution in [0.1, 0.15) is 29.8 Å². The number of pyridine rings is 1. The van der Waals surface area contributed by atoms with Crippen molar-refractivity contribution in [3.05, 3.63) is 40.9 Å². The van der Waals surface area contributed by atoms with Gasteiger partial charge in [-0.15, -0.1) is 11.3 Å². The number of likely N-dealkylation sites (N-methyl/N-ethyl adjacent to an activating group) is 1. The number of hydrogen-bond donors (Lipinski definition) is 1. The molecule has 1 aliphatic heterocycles. The Hall–Kier alpha value is -2.49. The Labute approximate surface area is 211 Å². The minimum atomic E-state index is -3.68. The third-order valence-corrected chi connectivity index (χ3v) is 8.94. The Morgan fingerprint density at radius 3 is 2.74 bits per heavy atom. The van der Waals surface area contributed by atoms with Crippen LogP contribution in [0.2, 0.25) is 0 Å². The summed E-state index contributed by atoms with van der Waals surface area (Å²) in [4.78, 5) is 21.3. The molecule has 3 atom stereocenters. The molecule has 0 fully saturated rings. The number of hydrogen-bond acceptors (Lipinski definition) is 8. The Morgan fingerprint density at radius 1 is 1.37 bits per heavy atom. The maximum atomic E-state index is 13.4. The number of carbonyl (C=O) groups is 1. The van der Waals surface area contributed by atoms with E-state index in [0.29, 0.717) is 12.1 Å². The molecule has 190 valence electrons. The molecule has 2 aromatic heterocycles. The second-order valence-corrected chi connectivity index (χ2v) is 12.2. The first kappa shape index (κ1) is 27.1. The summed E-state index contributed by atoms with van der Waals surface area (Å²) in [5.74, 6) is 5.62. The van der Waals surface area contributed by atoms with Crippen LogP contribution in [0.4, 0.5) is 0 Å². The maximum absolute atomic E-state index is 13.4. The number of thiophene rings is 1. The predicted octanol–water partition coefficient (Wildman–Crippen LogP) is 1.60. The molecule has 1 N–H and O–H groups in total. The van der Waals surface area contributed by atoms with Gasteiger partial charge in [-0.2, -0.15) is 4.31 Å². The number of nitrogens with zero attached hydrogens (tertiary/aromatic N) is 4. The van der Waals surface area contributed by atoms with Crippen LogP contribution < -0.4 is 4.74 Å². The lowest BCUT2D eigenvalue weighted by molar-refractivity contribution is 0.0373. The first-order chi connectivity index (χ1) is 16.5. The third-order valence-electron chi connectivity index (χ3n) is 5.75. The molecule has 1 amide bonds. The zero-order valence-corrected chi connectivity index (χ0v) is 22.3. The number of sulfonamides is 1. The van der Waals surface area contributed by atoms with E-state index in [1.807, 2.05) is 25.9 Å². The molecule has 0 spiro atoms. The van der Waals surface area contributed by atoms with Gasteiger partial charge in [-0.05, 0) is 38.5 Å². The van der Waals surface area contributed by atoms with E-state index in [0.717, 1.165) is 11.3 Å².